The fourth-order valence-electron chi connectivity index (χ4n) is 1.63. The van der Waals surface area contributed by atoms with Crippen molar-refractivity contribution in [1.29, 1.82) is 0 Å². The van der Waals surface area contributed by atoms with Gasteiger partial charge >= 0.3 is 0 Å². The van der Waals surface area contributed by atoms with E-state index in [-0.39, 0.29) is 5.91 Å². The number of aromatic nitrogens is 1. The maximum atomic E-state index is 12.0. The Kier molecular flexibility index (Phi) is 3.26. The lowest BCUT2D eigenvalue weighted by Crippen LogP contribution is -2.37. The van der Waals surface area contributed by atoms with E-state index in [0.29, 0.717) is 0 Å². The normalized spacial score (nSPS) is 16.5. The zero-order chi connectivity index (χ0) is 10.7. The van der Waals surface area contributed by atoms with Gasteiger partial charge in [-0.25, -0.2) is 0 Å². The van der Waals surface area contributed by atoms with Gasteiger partial charge in [0, 0.05) is 42.0 Å². The first-order chi connectivity index (χ1) is 7.27. The van der Waals surface area contributed by atoms with Gasteiger partial charge in [0.2, 0.25) is 0 Å². The van der Waals surface area contributed by atoms with Crippen LogP contribution in [-0.2, 0) is 0 Å². The Morgan fingerprint density at radius 1 is 1.47 bits per heavy atom. The van der Waals surface area contributed by atoms with Crippen LogP contribution in [-0.4, -0.2) is 40.4 Å². The van der Waals surface area contributed by atoms with Crippen molar-refractivity contribution in [2.45, 2.75) is 6.92 Å². The minimum absolute atomic E-state index is 0.140. The fourth-order valence-corrected chi connectivity index (χ4v) is 2.53. The molecule has 1 saturated heterocycles. The highest BCUT2D eigenvalue weighted by molar-refractivity contribution is 7.99. The summed E-state index contributed by atoms with van der Waals surface area (Å²) >= 11 is 1.91. The third-order valence-electron chi connectivity index (χ3n) is 2.44. The first-order valence-corrected chi connectivity index (χ1v) is 6.22. The molecule has 0 radical (unpaired) electrons. The fraction of sp³-hybridized carbons (Fsp3) is 0.455. The molecule has 15 heavy (non-hydrogen) atoms. The van der Waals surface area contributed by atoms with E-state index >= 15 is 0 Å². The summed E-state index contributed by atoms with van der Waals surface area (Å²) in [5, 5.41) is 0. The van der Waals surface area contributed by atoms with E-state index in [1.165, 1.54) is 0 Å². The van der Waals surface area contributed by atoms with Crippen molar-refractivity contribution in [1.82, 2.24) is 9.88 Å². The van der Waals surface area contributed by atoms with Crippen molar-refractivity contribution in [2.75, 3.05) is 24.6 Å². The Bertz CT molecular complexity index is 361. The quantitative estimate of drug-likeness (QED) is 0.723. The van der Waals surface area contributed by atoms with Crippen molar-refractivity contribution in [3.8, 4) is 0 Å². The second-order valence-electron chi connectivity index (χ2n) is 3.59. The second kappa shape index (κ2) is 4.66. The molecule has 0 saturated carbocycles. The Balaban J connectivity index is 2.12. The maximum absolute atomic E-state index is 12.0. The van der Waals surface area contributed by atoms with Crippen LogP contribution in [0.2, 0.25) is 0 Å². The molecule has 1 aromatic heterocycles. The van der Waals surface area contributed by atoms with E-state index in [0.717, 1.165) is 35.9 Å². The summed E-state index contributed by atoms with van der Waals surface area (Å²) in [6.45, 7) is 3.64. The van der Waals surface area contributed by atoms with Crippen LogP contribution in [0.4, 0.5) is 0 Å². The smallest absolute Gasteiger partial charge is 0.254 e. The number of hydrogen-bond donors (Lipinski definition) is 0. The van der Waals surface area contributed by atoms with Crippen LogP contribution in [0, 0.1) is 6.92 Å². The van der Waals surface area contributed by atoms with Crippen molar-refractivity contribution in [2.24, 2.45) is 0 Å². The van der Waals surface area contributed by atoms with Gasteiger partial charge in [0.1, 0.15) is 0 Å². The number of pyridine rings is 1. The van der Waals surface area contributed by atoms with Crippen LogP contribution in [0.15, 0.2) is 18.3 Å². The van der Waals surface area contributed by atoms with Crippen molar-refractivity contribution >= 4 is 17.7 Å². The molecular formula is C11H14N2OS. The Hall–Kier alpha value is -1.03. The van der Waals surface area contributed by atoms with Gasteiger partial charge in [-0.2, -0.15) is 11.8 Å². The van der Waals surface area contributed by atoms with Gasteiger partial charge in [0.25, 0.3) is 5.91 Å². The molecule has 0 aromatic carbocycles. The predicted molar refractivity (Wildman–Crippen MR) is 62.2 cm³/mol. The molecule has 1 aromatic rings. The molecule has 0 spiro atoms. The maximum Gasteiger partial charge on any atom is 0.254 e. The molecule has 0 unspecified atom stereocenters. The molecule has 4 heteroatoms. The van der Waals surface area contributed by atoms with Crippen LogP contribution in [0.1, 0.15) is 16.1 Å². The van der Waals surface area contributed by atoms with Crippen molar-refractivity contribution in [3.05, 3.63) is 29.6 Å². The van der Waals surface area contributed by atoms with Crippen LogP contribution < -0.4 is 0 Å². The largest absolute Gasteiger partial charge is 0.337 e. The predicted octanol–water partition coefficient (Wildman–Crippen LogP) is 1.58. The highest BCUT2D eigenvalue weighted by atomic mass is 32.2. The monoisotopic (exact) mass is 222 g/mol. The van der Waals surface area contributed by atoms with Gasteiger partial charge < -0.3 is 4.90 Å². The third kappa shape index (κ3) is 2.50. The molecule has 1 aliphatic rings. The van der Waals surface area contributed by atoms with Crippen LogP contribution in [0.3, 0.4) is 0 Å². The standard InChI is InChI=1S/C11H14N2OS/c1-9-8-10(2-3-12-9)11(14)13-4-6-15-7-5-13/h2-3,8H,4-7H2,1H3. The first-order valence-electron chi connectivity index (χ1n) is 5.07. The van der Waals surface area contributed by atoms with Gasteiger partial charge in [0.05, 0.1) is 0 Å². The van der Waals surface area contributed by atoms with Crippen LogP contribution >= 0.6 is 11.8 Å². The molecule has 0 aliphatic carbocycles. The number of rotatable bonds is 1. The van der Waals surface area contributed by atoms with E-state index in [4.69, 9.17) is 0 Å². The molecule has 1 amide bonds. The number of carbonyl (C=O) groups excluding carboxylic acids is 1. The summed E-state index contributed by atoms with van der Waals surface area (Å²) in [7, 11) is 0. The summed E-state index contributed by atoms with van der Waals surface area (Å²) in [4.78, 5) is 18.1. The number of aryl methyl sites for hydroxylation is 1. The minimum Gasteiger partial charge on any atom is -0.337 e. The molecule has 80 valence electrons. The van der Waals surface area contributed by atoms with Gasteiger partial charge in [-0.1, -0.05) is 0 Å². The van der Waals surface area contributed by atoms with Crippen molar-refractivity contribution in [3.63, 3.8) is 0 Å². The van der Waals surface area contributed by atoms with E-state index in [2.05, 4.69) is 4.98 Å². The highest BCUT2D eigenvalue weighted by Crippen LogP contribution is 2.13. The van der Waals surface area contributed by atoms with Gasteiger partial charge in [0.15, 0.2) is 0 Å². The molecule has 0 bridgehead atoms. The Morgan fingerprint density at radius 2 is 2.20 bits per heavy atom. The Labute approximate surface area is 93.9 Å². The van der Waals surface area contributed by atoms with Gasteiger partial charge in [-0.15, -0.1) is 0 Å². The lowest BCUT2D eigenvalue weighted by molar-refractivity contribution is 0.0772. The highest BCUT2D eigenvalue weighted by Gasteiger charge is 2.18. The summed E-state index contributed by atoms with van der Waals surface area (Å²) < 4.78 is 0. The molecule has 0 N–H and O–H groups in total. The van der Waals surface area contributed by atoms with E-state index in [9.17, 15) is 4.79 Å². The molecule has 1 fully saturated rings. The molecule has 2 rings (SSSR count). The summed E-state index contributed by atoms with van der Waals surface area (Å²) in [5.74, 6) is 2.24. The number of amides is 1. The SMILES string of the molecule is Cc1cc(C(=O)N2CCSCC2)ccn1. The summed E-state index contributed by atoms with van der Waals surface area (Å²) in [6, 6.07) is 3.64. The lowest BCUT2D eigenvalue weighted by Gasteiger charge is -2.26. The first kappa shape index (κ1) is 10.5. The molecule has 0 atom stereocenters. The topological polar surface area (TPSA) is 33.2 Å². The number of hydrogen-bond acceptors (Lipinski definition) is 3. The van der Waals surface area contributed by atoms with Gasteiger partial charge in [-0.3, -0.25) is 9.78 Å². The van der Waals surface area contributed by atoms with Crippen LogP contribution in [0.5, 0.6) is 0 Å². The molecule has 2 heterocycles. The average molecular weight is 222 g/mol. The zero-order valence-electron chi connectivity index (χ0n) is 8.77. The number of carbonyl (C=O) groups is 1. The van der Waals surface area contributed by atoms with Gasteiger partial charge in [-0.05, 0) is 19.1 Å². The summed E-state index contributed by atoms with van der Waals surface area (Å²) in [6.07, 6.45) is 1.70. The minimum atomic E-state index is 0.140. The molecular weight excluding hydrogens is 208 g/mol. The third-order valence-corrected chi connectivity index (χ3v) is 3.38. The van der Waals surface area contributed by atoms with Crippen molar-refractivity contribution < 1.29 is 4.79 Å². The molecule has 3 nitrogen and oxygen atoms in total. The van der Waals surface area contributed by atoms with E-state index in [1.54, 1.807) is 12.3 Å². The molecule has 1 aliphatic heterocycles. The van der Waals surface area contributed by atoms with Crippen LogP contribution in [0.25, 0.3) is 0 Å². The number of thioether (sulfide) groups is 1. The average Bonchev–Trinajstić information content (AvgIpc) is 2.29. The number of nitrogens with zero attached hydrogens (tertiary/aromatic N) is 2. The Morgan fingerprint density at radius 3 is 2.87 bits per heavy atom. The second-order valence-corrected chi connectivity index (χ2v) is 4.82. The van der Waals surface area contributed by atoms with E-state index < -0.39 is 0 Å². The van der Waals surface area contributed by atoms with E-state index in [1.807, 2.05) is 29.7 Å². The zero-order valence-corrected chi connectivity index (χ0v) is 9.59. The summed E-state index contributed by atoms with van der Waals surface area (Å²) in [5.41, 5.74) is 1.65. The lowest BCUT2D eigenvalue weighted by atomic mass is 10.2.